The number of nitrogens with one attached hydrogen (secondary N) is 1. The molecular formula is C14H19NO6S. The molecule has 0 aliphatic carbocycles. The zero-order valence-corrected chi connectivity index (χ0v) is 13.2. The van der Waals surface area contributed by atoms with E-state index < -0.39 is 39.7 Å². The minimum atomic E-state index is -3.93. The monoisotopic (exact) mass is 329 g/mol. The van der Waals surface area contributed by atoms with E-state index in [4.69, 9.17) is 5.11 Å². The second-order valence-corrected chi connectivity index (χ2v) is 6.70. The van der Waals surface area contributed by atoms with Crippen LogP contribution in [0.15, 0.2) is 30.3 Å². The molecule has 0 aliphatic heterocycles. The highest BCUT2D eigenvalue weighted by atomic mass is 32.2. The van der Waals surface area contributed by atoms with Crippen molar-refractivity contribution in [1.29, 1.82) is 0 Å². The van der Waals surface area contributed by atoms with Crippen molar-refractivity contribution < 1.29 is 27.9 Å². The summed E-state index contributed by atoms with van der Waals surface area (Å²) in [6.45, 7) is 1.40. The second kappa shape index (κ2) is 7.90. The average molecular weight is 329 g/mol. The lowest BCUT2D eigenvalue weighted by Gasteiger charge is -2.16. The Labute approximate surface area is 129 Å². The van der Waals surface area contributed by atoms with Gasteiger partial charge in [-0.05, 0) is 12.0 Å². The van der Waals surface area contributed by atoms with Gasteiger partial charge in [-0.1, -0.05) is 37.3 Å². The first-order chi connectivity index (χ1) is 10.2. The number of benzene rings is 1. The van der Waals surface area contributed by atoms with E-state index in [9.17, 15) is 18.0 Å². The van der Waals surface area contributed by atoms with Gasteiger partial charge >= 0.3 is 11.9 Å². The van der Waals surface area contributed by atoms with Crippen LogP contribution in [-0.4, -0.2) is 44.4 Å². The molecule has 1 aromatic carbocycles. The molecule has 7 nitrogen and oxygen atoms in total. The predicted molar refractivity (Wildman–Crippen MR) is 79.7 cm³/mol. The lowest BCUT2D eigenvalue weighted by Crippen LogP contribution is -2.44. The first kappa shape index (κ1) is 18.1. The topological polar surface area (TPSA) is 110 Å². The number of ether oxygens (including phenoxy) is 1. The number of methoxy groups -OCH3 is 1. The van der Waals surface area contributed by atoms with Crippen molar-refractivity contribution in [2.75, 3.05) is 12.9 Å². The molecule has 0 radical (unpaired) electrons. The van der Waals surface area contributed by atoms with Crippen LogP contribution in [0.4, 0.5) is 0 Å². The molecule has 0 aromatic heterocycles. The zero-order valence-electron chi connectivity index (χ0n) is 12.4. The molecule has 0 heterocycles. The van der Waals surface area contributed by atoms with Crippen LogP contribution >= 0.6 is 0 Å². The third-order valence-corrected chi connectivity index (χ3v) is 4.56. The van der Waals surface area contributed by atoms with Gasteiger partial charge in [0.25, 0.3) is 0 Å². The van der Waals surface area contributed by atoms with Gasteiger partial charge < -0.3 is 9.84 Å². The first-order valence-electron chi connectivity index (χ1n) is 6.59. The maximum Gasteiger partial charge on any atom is 0.322 e. The van der Waals surface area contributed by atoms with E-state index in [0.717, 1.165) is 7.11 Å². The van der Waals surface area contributed by atoms with Crippen molar-refractivity contribution in [2.24, 2.45) is 5.92 Å². The van der Waals surface area contributed by atoms with Gasteiger partial charge in [0.2, 0.25) is 10.0 Å². The molecule has 122 valence electrons. The van der Waals surface area contributed by atoms with Gasteiger partial charge in [-0.15, -0.1) is 0 Å². The molecule has 0 saturated heterocycles. The van der Waals surface area contributed by atoms with Crippen LogP contribution in [0.1, 0.15) is 12.5 Å². The molecule has 1 aromatic rings. The molecule has 2 atom stereocenters. The Morgan fingerprint density at radius 3 is 2.36 bits per heavy atom. The molecule has 0 spiro atoms. The molecule has 8 heteroatoms. The number of aliphatic carboxylic acids is 1. The fraction of sp³-hybridized carbons (Fsp3) is 0.429. The lowest BCUT2D eigenvalue weighted by atomic mass is 10.1. The van der Waals surface area contributed by atoms with E-state index >= 15 is 0 Å². The normalized spacial score (nSPS) is 14.1. The van der Waals surface area contributed by atoms with Gasteiger partial charge in [-0.2, -0.15) is 0 Å². The number of sulfonamides is 1. The van der Waals surface area contributed by atoms with Crippen molar-refractivity contribution >= 4 is 22.0 Å². The van der Waals surface area contributed by atoms with E-state index in [2.05, 4.69) is 9.46 Å². The summed E-state index contributed by atoms with van der Waals surface area (Å²) in [7, 11) is -2.77. The van der Waals surface area contributed by atoms with Gasteiger partial charge in [0.05, 0.1) is 18.8 Å². The SMILES string of the molecule is COC(=O)C(C)CS(=O)(=O)N[C@@H](Cc1ccccc1)C(=O)O. The number of carboxylic acids is 1. The Balaban J connectivity index is 2.77. The minimum Gasteiger partial charge on any atom is -0.480 e. The summed E-state index contributed by atoms with van der Waals surface area (Å²) < 4.78 is 30.5. The third-order valence-electron chi connectivity index (χ3n) is 2.98. The van der Waals surface area contributed by atoms with Crippen LogP contribution in [0.3, 0.4) is 0 Å². The quantitative estimate of drug-likeness (QED) is 0.669. The molecule has 1 unspecified atom stereocenters. The predicted octanol–water partition coefficient (Wildman–Crippen LogP) is 0.411. The Morgan fingerprint density at radius 1 is 1.27 bits per heavy atom. The number of hydrogen-bond acceptors (Lipinski definition) is 5. The summed E-state index contributed by atoms with van der Waals surface area (Å²) in [4.78, 5) is 22.5. The highest BCUT2D eigenvalue weighted by Gasteiger charge is 2.28. The minimum absolute atomic E-state index is 0.0159. The van der Waals surface area contributed by atoms with Crippen molar-refractivity contribution in [3.05, 3.63) is 35.9 Å². The molecule has 0 amide bonds. The third kappa shape index (κ3) is 5.82. The number of rotatable bonds is 8. The summed E-state index contributed by atoms with van der Waals surface area (Å²) in [5.41, 5.74) is 0.693. The molecular weight excluding hydrogens is 310 g/mol. The van der Waals surface area contributed by atoms with Gasteiger partial charge in [-0.3, -0.25) is 9.59 Å². The molecule has 2 N–H and O–H groups in total. The maximum atomic E-state index is 12.0. The fourth-order valence-corrected chi connectivity index (χ4v) is 3.40. The van der Waals surface area contributed by atoms with Crippen molar-refractivity contribution in [2.45, 2.75) is 19.4 Å². The van der Waals surface area contributed by atoms with E-state index in [1.165, 1.54) is 6.92 Å². The van der Waals surface area contributed by atoms with Crippen molar-refractivity contribution in [3.8, 4) is 0 Å². The smallest absolute Gasteiger partial charge is 0.322 e. The second-order valence-electron chi connectivity index (χ2n) is 4.90. The summed E-state index contributed by atoms with van der Waals surface area (Å²) >= 11 is 0. The molecule has 0 saturated carbocycles. The van der Waals surface area contributed by atoms with Crippen LogP contribution in [0.2, 0.25) is 0 Å². The Hall–Kier alpha value is -1.93. The Kier molecular flexibility index (Phi) is 6.51. The largest absolute Gasteiger partial charge is 0.480 e. The lowest BCUT2D eigenvalue weighted by molar-refractivity contribution is -0.144. The zero-order chi connectivity index (χ0) is 16.8. The molecule has 1 rings (SSSR count). The molecule has 0 fully saturated rings. The summed E-state index contributed by atoms with van der Waals surface area (Å²) in [6.07, 6.45) is 0.0159. The number of carbonyl (C=O) groups is 2. The number of carbonyl (C=O) groups excluding carboxylic acids is 1. The first-order valence-corrected chi connectivity index (χ1v) is 8.25. The van der Waals surface area contributed by atoms with Crippen molar-refractivity contribution in [1.82, 2.24) is 4.72 Å². The van der Waals surface area contributed by atoms with Crippen LogP contribution in [0.25, 0.3) is 0 Å². The average Bonchev–Trinajstić information content (AvgIpc) is 2.45. The molecule has 0 bridgehead atoms. The van der Waals surface area contributed by atoms with Crippen molar-refractivity contribution in [3.63, 3.8) is 0 Å². The molecule has 0 aliphatic rings. The highest BCUT2D eigenvalue weighted by Crippen LogP contribution is 2.07. The summed E-state index contributed by atoms with van der Waals surface area (Å²) in [6, 6.07) is 7.38. The highest BCUT2D eigenvalue weighted by molar-refractivity contribution is 7.89. The fourth-order valence-electron chi connectivity index (χ4n) is 1.89. The Bertz CT molecular complexity index is 613. The van der Waals surface area contributed by atoms with Gasteiger partial charge in [0.15, 0.2) is 0 Å². The van der Waals surface area contributed by atoms with Gasteiger partial charge in [-0.25, -0.2) is 13.1 Å². The van der Waals surface area contributed by atoms with E-state index in [0.29, 0.717) is 5.56 Å². The van der Waals surface area contributed by atoms with Gasteiger partial charge in [0.1, 0.15) is 6.04 Å². The van der Waals surface area contributed by atoms with Crippen LogP contribution in [0.5, 0.6) is 0 Å². The number of carboxylic acid groups (broad SMARTS) is 1. The van der Waals surface area contributed by atoms with E-state index in [1.54, 1.807) is 30.3 Å². The van der Waals surface area contributed by atoms with Crippen LogP contribution in [0, 0.1) is 5.92 Å². The number of hydrogen-bond donors (Lipinski definition) is 2. The molecule has 22 heavy (non-hydrogen) atoms. The van der Waals surface area contributed by atoms with E-state index in [1.807, 2.05) is 0 Å². The van der Waals surface area contributed by atoms with Crippen LogP contribution < -0.4 is 4.72 Å². The van der Waals surface area contributed by atoms with E-state index in [-0.39, 0.29) is 6.42 Å². The standard InChI is InChI=1S/C14H19NO6S/c1-10(14(18)21-2)9-22(19,20)15-12(13(16)17)8-11-6-4-3-5-7-11/h3-7,10,12,15H,8-9H2,1-2H3,(H,16,17)/t10?,12-/m0/s1. The van der Waals surface area contributed by atoms with Crippen LogP contribution in [-0.2, 0) is 30.8 Å². The maximum absolute atomic E-state index is 12.0. The van der Waals surface area contributed by atoms with Gasteiger partial charge in [0, 0.05) is 0 Å². The summed E-state index contributed by atoms with van der Waals surface area (Å²) in [5.74, 6) is -3.36. The Morgan fingerprint density at radius 2 is 1.86 bits per heavy atom. The summed E-state index contributed by atoms with van der Waals surface area (Å²) in [5, 5.41) is 9.17. The number of esters is 1.